The molecule has 1 aliphatic heterocycles. The van der Waals surface area contributed by atoms with Crippen molar-refractivity contribution in [3.63, 3.8) is 0 Å². The summed E-state index contributed by atoms with van der Waals surface area (Å²) in [7, 11) is 6.09. The van der Waals surface area contributed by atoms with E-state index in [9.17, 15) is 4.79 Å². The average Bonchev–Trinajstić information content (AvgIpc) is 2.53. The topological polar surface area (TPSA) is 74.0 Å². The largest absolute Gasteiger partial charge is 0.370 e. The molecule has 6 heteroatoms. The third-order valence-electron chi connectivity index (χ3n) is 4.59. The van der Waals surface area contributed by atoms with Gasteiger partial charge in [0.05, 0.1) is 0 Å². The third kappa shape index (κ3) is 9.11. The summed E-state index contributed by atoms with van der Waals surface area (Å²) in [5, 5.41) is 3.47. The van der Waals surface area contributed by atoms with Gasteiger partial charge in [0.15, 0.2) is 5.96 Å². The summed E-state index contributed by atoms with van der Waals surface area (Å²) in [5.41, 5.74) is 5.34. The highest BCUT2D eigenvalue weighted by atomic mass is 16.1. The highest BCUT2D eigenvalue weighted by molar-refractivity contribution is 5.80. The number of carbonyl (C=O) groups is 1. The Morgan fingerprint density at radius 2 is 1.96 bits per heavy atom. The van der Waals surface area contributed by atoms with Gasteiger partial charge in [0, 0.05) is 33.1 Å². The maximum atomic E-state index is 11.1. The summed E-state index contributed by atoms with van der Waals surface area (Å²) in [6.07, 6.45) is 9.03. The van der Waals surface area contributed by atoms with E-state index in [4.69, 9.17) is 5.73 Å². The molecule has 140 valence electrons. The molecular weight excluding hydrogens is 302 g/mol. The number of guanidine groups is 1. The van der Waals surface area contributed by atoms with Crippen molar-refractivity contribution in [2.75, 3.05) is 47.3 Å². The lowest BCUT2D eigenvalue weighted by molar-refractivity contribution is -0.119. The van der Waals surface area contributed by atoms with E-state index in [0.717, 1.165) is 38.4 Å². The van der Waals surface area contributed by atoms with Crippen LogP contribution in [0.5, 0.6) is 0 Å². The molecule has 1 aliphatic rings. The van der Waals surface area contributed by atoms with E-state index in [2.05, 4.69) is 34.2 Å². The summed E-state index contributed by atoms with van der Waals surface area (Å²) in [5.74, 6) is 1.14. The number of carbonyl (C=O) groups excluding carboxylic acids is 1. The van der Waals surface area contributed by atoms with E-state index < -0.39 is 0 Å². The molecule has 1 amide bonds. The molecule has 0 radical (unpaired) electrons. The number of hydrogen-bond acceptors (Lipinski definition) is 3. The van der Waals surface area contributed by atoms with Crippen molar-refractivity contribution < 1.29 is 4.79 Å². The number of nitrogens with one attached hydrogen (secondary N) is 1. The fourth-order valence-electron chi connectivity index (χ4n) is 3.32. The second-order valence-corrected chi connectivity index (χ2v) is 7.17. The Labute approximate surface area is 147 Å². The molecule has 1 saturated heterocycles. The molecule has 1 fully saturated rings. The van der Waals surface area contributed by atoms with Crippen molar-refractivity contribution in [3.05, 3.63) is 0 Å². The van der Waals surface area contributed by atoms with Gasteiger partial charge in [-0.3, -0.25) is 9.79 Å². The molecule has 0 spiro atoms. The lowest BCUT2D eigenvalue weighted by Crippen LogP contribution is -2.47. The van der Waals surface area contributed by atoms with E-state index in [1.807, 2.05) is 7.05 Å². The summed E-state index contributed by atoms with van der Waals surface area (Å²) in [4.78, 5) is 20.0. The fourth-order valence-corrected chi connectivity index (χ4v) is 3.32. The van der Waals surface area contributed by atoms with Crippen molar-refractivity contribution in [1.29, 1.82) is 0 Å². The molecule has 1 atom stereocenters. The highest BCUT2D eigenvalue weighted by Crippen LogP contribution is 2.19. The molecule has 3 N–H and O–H groups in total. The number of likely N-dealkylation sites (tertiary alicyclic amines) is 1. The molecule has 0 aliphatic carbocycles. The molecular formula is C18H37N5O. The number of aliphatic imine (C=N–C) groups is 1. The van der Waals surface area contributed by atoms with E-state index in [1.165, 1.54) is 38.6 Å². The van der Waals surface area contributed by atoms with Gasteiger partial charge in [-0.2, -0.15) is 0 Å². The minimum atomic E-state index is -0.195. The minimum absolute atomic E-state index is 0.195. The van der Waals surface area contributed by atoms with Crippen molar-refractivity contribution in [2.24, 2.45) is 16.6 Å². The first-order valence-electron chi connectivity index (χ1n) is 9.41. The van der Waals surface area contributed by atoms with Crippen LogP contribution in [0.25, 0.3) is 0 Å². The third-order valence-corrected chi connectivity index (χ3v) is 4.59. The van der Waals surface area contributed by atoms with Crippen LogP contribution in [0.4, 0.5) is 0 Å². The lowest BCUT2D eigenvalue weighted by atomic mass is 9.95. The Morgan fingerprint density at radius 1 is 1.25 bits per heavy atom. The standard InChI is InChI=1S/C18H37N5O/c1-20-18(21-11-7-5-4-6-8-12-22(2)3)23-13-9-10-16(15-23)14-17(19)24/h16H,4-15H2,1-3H3,(H2,19,24)(H,20,21). The van der Waals surface area contributed by atoms with Gasteiger partial charge in [-0.1, -0.05) is 19.3 Å². The molecule has 1 rings (SSSR count). The summed E-state index contributed by atoms with van der Waals surface area (Å²) >= 11 is 0. The molecule has 1 heterocycles. The number of unbranched alkanes of at least 4 members (excludes halogenated alkanes) is 4. The van der Waals surface area contributed by atoms with Gasteiger partial charge in [-0.15, -0.1) is 0 Å². The first-order valence-corrected chi connectivity index (χ1v) is 9.41. The maximum absolute atomic E-state index is 11.1. The minimum Gasteiger partial charge on any atom is -0.370 e. The first-order chi connectivity index (χ1) is 11.5. The number of piperidine rings is 1. The zero-order valence-electron chi connectivity index (χ0n) is 15.9. The van der Waals surface area contributed by atoms with Gasteiger partial charge in [0.2, 0.25) is 5.91 Å². The van der Waals surface area contributed by atoms with Crippen LogP contribution >= 0.6 is 0 Å². The molecule has 6 nitrogen and oxygen atoms in total. The van der Waals surface area contributed by atoms with Gasteiger partial charge in [-0.25, -0.2) is 0 Å². The van der Waals surface area contributed by atoms with Crippen LogP contribution < -0.4 is 11.1 Å². The van der Waals surface area contributed by atoms with Gasteiger partial charge in [0.25, 0.3) is 0 Å². The van der Waals surface area contributed by atoms with E-state index in [1.54, 1.807) is 0 Å². The first kappa shape index (κ1) is 20.7. The SMILES string of the molecule is CN=C(NCCCCCCCN(C)C)N1CCCC(CC(N)=O)C1. The molecule has 0 bridgehead atoms. The smallest absolute Gasteiger partial charge is 0.217 e. The summed E-state index contributed by atoms with van der Waals surface area (Å²) in [6, 6.07) is 0. The van der Waals surface area contributed by atoms with Gasteiger partial charge >= 0.3 is 0 Å². The fraction of sp³-hybridized carbons (Fsp3) is 0.889. The van der Waals surface area contributed by atoms with Gasteiger partial charge in [0.1, 0.15) is 0 Å². The normalized spacial score (nSPS) is 18.9. The maximum Gasteiger partial charge on any atom is 0.217 e. The zero-order valence-corrected chi connectivity index (χ0v) is 15.9. The predicted molar refractivity (Wildman–Crippen MR) is 101 cm³/mol. The monoisotopic (exact) mass is 339 g/mol. The average molecular weight is 340 g/mol. The van der Waals surface area contributed by atoms with Crippen molar-refractivity contribution >= 4 is 11.9 Å². The highest BCUT2D eigenvalue weighted by Gasteiger charge is 2.23. The Balaban J connectivity index is 2.17. The quantitative estimate of drug-likeness (QED) is 0.361. The van der Waals surface area contributed by atoms with Crippen LogP contribution in [0, 0.1) is 5.92 Å². The number of primary amides is 1. The Hall–Kier alpha value is -1.30. The lowest BCUT2D eigenvalue weighted by Gasteiger charge is -2.34. The van der Waals surface area contributed by atoms with Crippen LogP contribution in [0.1, 0.15) is 51.4 Å². The van der Waals surface area contributed by atoms with Crippen LogP contribution in [-0.4, -0.2) is 69.0 Å². The van der Waals surface area contributed by atoms with Crippen LogP contribution in [0.3, 0.4) is 0 Å². The molecule has 1 unspecified atom stereocenters. The second kappa shape index (κ2) is 12.1. The van der Waals surface area contributed by atoms with E-state index in [0.29, 0.717) is 12.3 Å². The number of rotatable bonds is 10. The second-order valence-electron chi connectivity index (χ2n) is 7.17. The molecule has 24 heavy (non-hydrogen) atoms. The summed E-state index contributed by atoms with van der Waals surface area (Å²) < 4.78 is 0. The van der Waals surface area contributed by atoms with Gasteiger partial charge in [-0.05, 0) is 52.2 Å². The molecule has 0 saturated carbocycles. The van der Waals surface area contributed by atoms with Crippen molar-refractivity contribution in [3.8, 4) is 0 Å². The number of amides is 1. The molecule has 0 aromatic rings. The Kier molecular flexibility index (Phi) is 10.5. The Bertz CT molecular complexity index is 384. The van der Waals surface area contributed by atoms with Crippen LogP contribution in [-0.2, 0) is 4.79 Å². The summed E-state index contributed by atoms with van der Waals surface area (Å²) in [6.45, 7) is 4.05. The van der Waals surface area contributed by atoms with Gasteiger partial charge < -0.3 is 20.9 Å². The Morgan fingerprint density at radius 3 is 2.62 bits per heavy atom. The van der Waals surface area contributed by atoms with E-state index >= 15 is 0 Å². The van der Waals surface area contributed by atoms with E-state index in [-0.39, 0.29) is 5.91 Å². The predicted octanol–water partition coefficient (Wildman–Crippen LogP) is 1.66. The van der Waals surface area contributed by atoms with Crippen LogP contribution in [0.15, 0.2) is 4.99 Å². The van der Waals surface area contributed by atoms with Crippen molar-refractivity contribution in [1.82, 2.24) is 15.1 Å². The zero-order chi connectivity index (χ0) is 17.8. The number of nitrogens with two attached hydrogens (primary N) is 1. The van der Waals surface area contributed by atoms with Crippen molar-refractivity contribution in [2.45, 2.75) is 51.4 Å². The number of hydrogen-bond donors (Lipinski definition) is 2. The number of nitrogens with zero attached hydrogens (tertiary/aromatic N) is 3. The van der Waals surface area contributed by atoms with Crippen LogP contribution in [0.2, 0.25) is 0 Å². The molecule has 0 aromatic carbocycles. The molecule has 0 aromatic heterocycles.